The van der Waals surface area contributed by atoms with E-state index in [0.717, 1.165) is 18.1 Å². The number of aliphatic hydroxyl groups is 1. The molecule has 0 aliphatic heterocycles. The second kappa shape index (κ2) is 8.44. The first-order valence-corrected chi connectivity index (χ1v) is 8.67. The molecule has 1 aliphatic rings. The van der Waals surface area contributed by atoms with Crippen LogP contribution in [0.3, 0.4) is 0 Å². The Balaban J connectivity index is 2.38. The van der Waals surface area contributed by atoms with Crippen LogP contribution in [-0.4, -0.2) is 34.3 Å². The van der Waals surface area contributed by atoms with Crippen molar-refractivity contribution in [2.45, 2.75) is 82.5 Å². The van der Waals surface area contributed by atoms with Gasteiger partial charge in [-0.3, -0.25) is 0 Å². The summed E-state index contributed by atoms with van der Waals surface area (Å²) in [5, 5.41) is 14.1. The monoisotopic (exact) mass is 273 g/mol. The lowest BCUT2D eigenvalue weighted by Gasteiger charge is -2.41. The molecule has 1 saturated carbocycles. The van der Waals surface area contributed by atoms with Crippen LogP contribution in [0.1, 0.15) is 65.7 Å². The van der Waals surface area contributed by atoms with Gasteiger partial charge in [-0.15, -0.1) is 0 Å². The highest BCUT2D eigenvalue weighted by atomic mass is 32.2. The zero-order chi connectivity index (χ0) is 13.4. The van der Waals surface area contributed by atoms with Gasteiger partial charge in [0.15, 0.2) is 0 Å². The number of unbranched alkanes of at least 4 members (excludes halogenated alkanes) is 2. The summed E-state index contributed by atoms with van der Waals surface area (Å²) in [6.07, 6.45) is 8.87. The Hall–Kier alpha value is 0.270. The molecule has 0 aromatic heterocycles. The molecule has 0 saturated heterocycles. The minimum absolute atomic E-state index is 0.00512. The predicted octanol–water partition coefficient (Wildman–Crippen LogP) is 3.58. The zero-order valence-electron chi connectivity index (χ0n) is 12.4. The normalized spacial score (nSPS) is 28.8. The summed E-state index contributed by atoms with van der Waals surface area (Å²) in [7, 11) is 0. The van der Waals surface area contributed by atoms with E-state index in [4.69, 9.17) is 0 Å². The van der Waals surface area contributed by atoms with Crippen molar-refractivity contribution in [2.24, 2.45) is 0 Å². The lowest BCUT2D eigenvalue weighted by Crippen LogP contribution is -2.54. The topological polar surface area (TPSA) is 32.3 Å². The zero-order valence-corrected chi connectivity index (χ0v) is 13.2. The minimum atomic E-state index is -0.00512. The third-order valence-corrected chi connectivity index (χ3v) is 5.20. The van der Waals surface area contributed by atoms with E-state index < -0.39 is 0 Å². The van der Waals surface area contributed by atoms with Crippen molar-refractivity contribution < 1.29 is 5.11 Å². The molecule has 1 rings (SSSR count). The maximum absolute atomic E-state index is 9.75. The van der Waals surface area contributed by atoms with Crippen molar-refractivity contribution in [3.63, 3.8) is 0 Å². The lowest BCUT2D eigenvalue weighted by atomic mass is 9.81. The van der Waals surface area contributed by atoms with E-state index in [0.29, 0.717) is 6.04 Å². The standard InChI is InChI=1S/C15H31NOS/c1-4-5-6-10-18-14-8-7-9-15(11-14,12-17)16-13(2)3/h13-14,16-17H,4-12H2,1-3H3. The number of thioether (sulfide) groups is 1. The van der Waals surface area contributed by atoms with Crippen molar-refractivity contribution in [1.29, 1.82) is 0 Å². The molecule has 1 aliphatic carbocycles. The van der Waals surface area contributed by atoms with Gasteiger partial charge in [0.25, 0.3) is 0 Å². The summed E-state index contributed by atoms with van der Waals surface area (Å²) in [6, 6.07) is 0.459. The first-order valence-electron chi connectivity index (χ1n) is 7.62. The first-order chi connectivity index (χ1) is 8.62. The third-order valence-electron chi connectivity index (χ3n) is 3.80. The van der Waals surface area contributed by atoms with Crippen LogP contribution in [0.25, 0.3) is 0 Å². The molecule has 2 atom stereocenters. The lowest BCUT2D eigenvalue weighted by molar-refractivity contribution is 0.115. The number of hydrogen-bond acceptors (Lipinski definition) is 3. The van der Waals surface area contributed by atoms with Crippen LogP contribution in [0, 0.1) is 0 Å². The molecule has 0 amide bonds. The van der Waals surface area contributed by atoms with Crippen LogP contribution in [0.5, 0.6) is 0 Å². The SMILES string of the molecule is CCCCCSC1CCCC(CO)(NC(C)C)C1. The Morgan fingerprint density at radius 1 is 1.39 bits per heavy atom. The van der Waals surface area contributed by atoms with E-state index >= 15 is 0 Å². The second-order valence-corrected chi connectivity index (χ2v) is 7.44. The highest BCUT2D eigenvalue weighted by molar-refractivity contribution is 7.99. The van der Waals surface area contributed by atoms with Crippen LogP contribution >= 0.6 is 11.8 Å². The van der Waals surface area contributed by atoms with Gasteiger partial charge in [0.05, 0.1) is 6.61 Å². The molecular weight excluding hydrogens is 242 g/mol. The number of nitrogens with one attached hydrogen (secondary N) is 1. The molecule has 2 nitrogen and oxygen atoms in total. The Morgan fingerprint density at radius 2 is 2.17 bits per heavy atom. The Morgan fingerprint density at radius 3 is 2.78 bits per heavy atom. The van der Waals surface area contributed by atoms with Crippen molar-refractivity contribution in [2.75, 3.05) is 12.4 Å². The average molecular weight is 273 g/mol. The molecule has 2 unspecified atom stereocenters. The van der Waals surface area contributed by atoms with Gasteiger partial charge in [-0.05, 0) is 31.4 Å². The largest absolute Gasteiger partial charge is 0.394 e. The molecular formula is C15H31NOS. The van der Waals surface area contributed by atoms with Gasteiger partial charge in [0.2, 0.25) is 0 Å². The fourth-order valence-electron chi connectivity index (χ4n) is 2.99. The van der Waals surface area contributed by atoms with Gasteiger partial charge in [-0.1, -0.05) is 40.0 Å². The number of rotatable bonds is 8. The molecule has 1 fully saturated rings. The van der Waals surface area contributed by atoms with Gasteiger partial charge in [-0.2, -0.15) is 11.8 Å². The molecule has 108 valence electrons. The molecule has 0 bridgehead atoms. The smallest absolute Gasteiger partial charge is 0.0613 e. The fraction of sp³-hybridized carbons (Fsp3) is 1.00. The summed E-state index contributed by atoms with van der Waals surface area (Å²) in [5.74, 6) is 1.29. The van der Waals surface area contributed by atoms with Crippen LogP contribution in [0.4, 0.5) is 0 Å². The summed E-state index contributed by atoms with van der Waals surface area (Å²) in [4.78, 5) is 0. The van der Waals surface area contributed by atoms with Gasteiger partial charge < -0.3 is 10.4 Å². The van der Waals surface area contributed by atoms with Crippen molar-refractivity contribution in [1.82, 2.24) is 5.32 Å². The van der Waals surface area contributed by atoms with Crippen molar-refractivity contribution >= 4 is 11.8 Å². The Bertz CT molecular complexity index is 223. The maximum Gasteiger partial charge on any atom is 0.0613 e. The molecule has 0 radical (unpaired) electrons. The molecule has 2 N–H and O–H groups in total. The summed E-state index contributed by atoms with van der Waals surface area (Å²) in [6.45, 7) is 6.90. The highest BCUT2D eigenvalue weighted by Crippen LogP contribution is 2.35. The van der Waals surface area contributed by atoms with Crippen LogP contribution in [0.2, 0.25) is 0 Å². The average Bonchev–Trinajstić information content (AvgIpc) is 2.34. The molecule has 0 aromatic carbocycles. The number of aliphatic hydroxyl groups excluding tert-OH is 1. The predicted molar refractivity (Wildman–Crippen MR) is 82.3 cm³/mol. The summed E-state index contributed by atoms with van der Waals surface area (Å²) < 4.78 is 0. The molecule has 0 aromatic rings. The highest BCUT2D eigenvalue weighted by Gasteiger charge is 2.36. The van der Waals surface area contributed by atoms with Crippen LogP contribution < -0.4 is 5.32 Å². The van der Waals surface area contributed by atoms with E-state index in [1.807, 2.05) is 0 Å². The van der Waals surface area contributed by atoms with Crippen molar-refractivity contribution in [3.05, 3.63) is 0 Å². The Kier molecular flexibility index (Phi) is 7.66. The molecule has 3 heteroatoms. The van der Waals surface area contributed by atoms with Gasteiger partial charge in [-0.25, -0.2) is 0 Å². The van der Waals surface area contributed by atoms with Crippen LogP contribution in [0.15, 0.2) is 0 Å². The van der Waals surface area contributed by atoms with Gasteiger partial charge in [0, 0.05) is 16.8 Å². The van der Waals surface area contributed by atoms with E-state index in [-0.39, 0.29) is 12.1 Å². The number of hydrogen-bond donors (Lipinski definition) is 2. The minimum Gasteiger partial charge on any atom is -0.394 e. The quantitative estimate of drug-likeness (QED) is 0.663. The van der Waals surface area contributed by atoms with E-state index in [2.05, 4.69) is 37.8 Å². The Labute approximate surface area is 117 Å². The van der Waals surface area contributed by atoms with Gasteiger partial charge >= 0.3 is 0 Å². The second-order valence-electron chi connectivity index (χ2n) is 6.03. The van der Waals surface area contributed by atoms with Crippen LogP contribution in [-0.2, 0) is 0 Å². The molecule has 0 heterocycles. The third kappa shape index (κ3) is 5.50. The molecule has 0 spiro atoms. The maximum atomic E-state index is 9.75. The van der Waals surface area contributed by atoms with Gasteiger partial charge in [0.1, 0.15) is 0 Å². The first kappa shape index (κ1) is 16.3. The van der Waals surface area contributed by atoms with E-state index in [1.165, 1.54) is 37.9 Å². The van der Waals surface area contributed by atoms with E-state index in [1.54, 1.807) is 0 Å². The fourth-order valence-corrected chi connectivity index (χ4v) is 4.46. The summed E-state index contributed by atoms with van der Waals surface area (Å²) in [5.41, 5.74) is -0.00512. The van der Waals surface area contributed by atoms with E-state index in [9.17, 15) is 5.11 Å². The summed E-state index contributed by atoms with van der Waals surface area (Å²) >= 11 is 2.13. The molecule has 18 heavy (non-hydrogen) atoms. The van der Waals surface area contributed by atoms with Crippen molar-refractivity contribution in [3.8, 4) is 0 Å².